The van der Waals surface area contributed by atoms with E-state index in [9.17, 15) is 4.79 Å². The van der Waals surface area contributed by atoms with Gasteiger partial charge in [0, 0.05) is 5.92 Å². The van der Waals surface area contributed by atoms with Crippen molar-refractivity contribution < 1.29 is 4.79 Å². The van der Waals surface area contributed by atoms with Gasteiger partial charge in [0.05, 0.1) is 0 Å². The fourth-order valence-electron chi connectivity index (χ4n) is 1.39. The maximum atomic E-state index is 11.3. The van der Waals surface area contributed by atoms with Crippen molar-refractivity contribution in [2.24, 2.45) is 0 Å². The van der Waals surface area contributed by atoms with Gasteiger partial charge in [-0.05, 0) is 18.9 Å². The first-order valence-electron chi connectivity index (χ1n) is 4.42. The largest absolute Gasteiger partial charge is 0.299 e. The van der Waals surface area contributed by atoms with Crippen LogP contribution in [0.15, 0.2) is 43.0 Å². The summed E-state index contributed by atoms with van der Waals surface area (Å²) in [7, 11) is 0. The fraction of sp³-hybridized carbons (Fsp3) is 0.250. The van der Waals surface area contributed by atoms with Gasteiger partial charge in [0.2, 0.25) is 0 Å². The highest BCUT2D eigenvalue weighted by molar-refractivity contribution is 5.83. The van der Waals surface area contributed by atoms with Crippen LogP contribution in [0.5, 0.6) is 0 Å². The summed E-state index contributed by atoms with van der Waals surface area (Å²) >= 11 is 0. The molecule has 0 fully saturated rings. The van der Waals surface area contributed by atoms with E-state index in [1.54, 1.807) is 13.0 Å². The molecule has 0 saturated heterocycles. The van der Waals surface area contributed by atoms with Gasteiger partial charge < -0.3 is 0 Å². The molecule has 0 aromatic heterocycles. The summed E-state index contributed by atoms with van der Waals surface area (Å²) in [4.78, 5) is 11.3. The molecular weight excluding hydrogens is 160 g/mol. The molecule has 1 heteroatoms. The first-order chi connectivity index (χ1) is 6.25. The number of carbonyl (C=O) groups excluding carboxylic acids is 1. The molecule has 0 radical (unpaired) electrons. The fourth-order valence-corrected chi connectivity index (χ4v) is 1.39. The minimum atomic E-state index is -0.0151. The summed E-state index contributed by atoms with van der Waals surface area (Å²) in [5.74, 6) is 0.185. The molecule has 1 atom stereocenters. The van der Waals surface area contributed by atoms with Crippen LogP contribution in [0, 0.1) is 0 Å². The van der Waals surface area contributed by atoms with Crippen molar-refractivity contribution in [1.82, 2.24) is 0 Å². The summed E-state index contributed by atoms with van der Waals surface area (Å²) in [6.07, 6.45) is 2.51. The van der Waals surface area contributed by atoms with Gasteiger partial charge in [-0.25, -0.2) is 0 Å². The van der Waals surface area contributed by atoms with Crippen molar-refractivity contribution >= 4 is 5.78 Å². The van der Waals surface area contributed by atoms with Crippen LogP contribution in [0.3, 0.4) is 0 Å². The lowest BCUT2D eigenvalue weighted by molar-refractivity contribution is -0.118. The molecule has 0 unspecified atom stereocenters. The van der Waals surface area contributed by atoms with E-state index in [-0.39, 0.29) is 11.7 Å². The van der Waals surface area contributed by atoms with E-state index in [0.29, 0.717) is 0 Å². The Hall–Kier alpha value is -1.37. The molecule has 0 heterocycles. The van der Waals surface area contributed by atoms with E-state index in [1.807, 2.05) is 30.3 Å². The molecule has 0 aliphatic rings. The minimum absolute atomic E-state index is 0.0151. The number of hydrogen-bond acceptors (Lipinski definition) is 1. The zero-order valence-corrected chi connectivity index (χ0v) is 7.86. The van der Waals surface area contributed by atoms with E-state index in [4.69, 9.17) is 0 Å². The molecule has 0 spiro atoms. The monoisotopic (exact) mass is 174 g/mol. The summed E-state index contributed by atoms with van der Waals surface area (Å²) in [6.45, 7) is 5.28. The third kappa shape index (κ3) is 2.55. The van der Waals surface area contributed by atoms with Crippen molar-refractivity contribution in [2.75, 3.05) is 0 Å². The van der Waals surface area contributed by atoms with Crippen LogP contribution in [0.2, 0.25) is 0 Å². The average Bonchev–Trinajstić information content (AvgIpc) is 2.15. The topological polar surface area (TPSA) is 17.1 Å². The van der Waals surface area contributed by atoms with Gasteiger partial charge in [-0.1, -0.05) is 36.4 Å². The number of hydrogen-bond donors (Lipinski definition) is 0. The third-order valence-electron chi connectivity index (χ3n) is 2.10. The standard InChI is InChI=1S/C12H14O/c1-3-7-12(10(2)13)11-8-5-4-6-9-11/h3-6,8-9,12H,1,7H2,2H3/t12-/m1/s1. The molecule has 1 aromatic carbocycles. The zero-order valence-electron chi connectivity index (χ0n) is 7.86. The number of allylic oxidation sites excluding steroid dienone is 1. The Labute approximate surface area is 79.1 Å². The average molecular weight is 174 g/mol. The highest BCUT2D eigenvalue weighted by Crippen LogP contribution is 2.20. The Balaban J connectivity index is 2.88. The van der Waals surface area contributed by atoms with Crippen LogP contribution < -0.4 is 0 Å². The van der Waals surface area contributed by atoms with Gasteiger partial charge in [0.25, 0.3) is 0 Å². The molecular formula is C12H14O. The summed E-state index contributed by atoms with van der Waals surface area (Å²) < 4.78 is 0. The van der Waals surface area contributed by atoms with E-state index < -0.39 is 0 Å². The van der Waals surface area contributed by atoms with Crippen molar-refractivity contribution in [2.45, 2.75) is 19.3 Å². The first kappa shape index (κ1) is 9.72. The number of Topliss-reactive ketones (excluding diaryl/α,β-unsaturated/α-hetero) is 1. The van der Waals surface area contributed by atoms with Gasteiger partial charge >= 0.3 is 0 Å². The summed E-state index contributed by atoms with van der Waals surface area (Å²) in [6, 6.07) is 9.82. The van der Waals surface area contributed by atoms with Gasteiger partial charge in [-0.2, -0.15) is 0 Å². The lowest BCUT2D eigenvalue weighted by Crippen LogP contribution is -2.07. The summed E-state index contributed by atoms with van der Waals surface area (Å²) in [5.41, 5.74) is 1.08. The number of carbonyl (C=O) groups is 1. The molecule has 0 amide bonds. The first-order valence-corrected chi connectivity index (χ1v) is 4.42. The molecule has 1 nitrogen and oxygen atoms in total. The maximum absolute atomic E-state index is 11.3. The van der Waals surface area contributed by atoms with Crippen LogP contribution in [0.1, 0.15) is 24.8 Å². The SMILES string of the molecule is C=CC[C@H](C(C)=O)c1ccccc1. The highest BCUT2D eigenvalue weighted by atomic mass is 16.1. The highest BCUT2D eigenvalue weighted by Gasteiger charge is 2.13. The predicted octanol–water partition coefficient (Wildman–Crippen LogP) is 2.94. The van der Waals surface area contributed by atoms with Crippen molar-refractivity contribution in [1.29, 1.82) is 0 Å². The van der Waals surface area contributed by atoms with Crippen molar-refractivity contribution in [3.63, 3.8) is 0 Å². The third-order valence-corrected chi connectivity index (χ3v) is 2.10. The second-order valence-electron chi connectivity index (χ2n) is 3.10. The van der Waals surface area contributed by atoms with Gasteiger partial charge in [0.15, 0.2) is 0 Å². The normalized spacial score (nSPS) is 12.1. The van der Waals surface area contributed by atoms with Crippen LogP contribution in [0.25, 0.3) is 0 Å². The Morgan fingerprint density at radius 1 is 1.46 bits per heavy atom. The minimum Gasteiger partial charge on any atom is -0.299 e. The molecule has 0 aliphatic heterocycles. The molecule has 13 heavy (non-hydrogen) atoms. The van der Waals surface area contributed by atoms with Gasteiger partial charge in [-0.15, -0.1) is 6.58 Å². The van der Waals surface area contributed by atoms with Crippen LogP contribution in [-0.2, 0) is 4.79 Å². The van der Waals surface area contributed by atoms with Gasteiger partial charge in [-0.3, -0.25) is 4.79 Å². The Kier molecular flexibility index (Phi) is 3.44. The second-order valence-corrected chi connectivity index (χ2v) is 3.10. The molecule has 1 rings (SSSR count). The van der Waals surface area contributed by atoms with Crippen LogP contribution in [0.4, 0.5) is 0 Å². The Bertz CT molecular complexity index is 287. The van der Waals surface area contributed by atoms with Crippen molar-refractivity contribution in [3.05, 3.63) is 48.6 Å². The van der Waals surface area contributed by atoms with E-state index in [0.717, 1.165) is 12.0 Å². The number of rotatable bonds is 4. The van der Waals surface area contributed by atoms with E-state index >= 15 is 0 Å². The molecule has 68 valence electrons. The quantitative estimate of drug-likeness (QED) is 0.641. The second kappa shape index (κ2) is 4.61. The lowest BCUT2D eigenvalue weighted by Gasteiger charge is -2.10. The van der Waals surface area contributed by atoms with E-state index in [1.165, 1.54) is 0 Å². The van der Waals surface area contributed by atoms with Gasteiger partial charge in [0.1, 0.15) is 5.78 Å². The molecule has 0 bridgehead atoms. The zero-order chi connectivity index (χ0) is 9.68. The summed E-state index contributed by atoms with van der Waals surface area (Å²) in [5, 5.41) is 0. The molecule has 1 aromatic rings. The lowest BCUT2D eigenvalue weighted by atomic mass is 9.92. The van der Waals surface area contributed by atoms with Crippen LogP contribution in [-0.4, -0.2) is 5.78 Å². The molecule has 0 aliphatic carbocycles. The Morgan fingerprint density at radius 2 is 2.08 bits per heavy atom. The molecule has 0 N–H and O–H groups in total. The van der Waals surface area contributed by atoms with Crippen LogP contribution >= 0.6 is 0 Å². The number of benzene rings is 1. The van der Waals surface area contributed by atoms with E-state index in [2.05, 4.69) is 6.58 Å². The number of ketones is 1. The Morgan fingerprint density at radius 3 is 2.54 bits per heavy atom. The smallest absolute Gasteiger partial charge is 0.137 e. The predicted molar refractivity (Wildman–Crippen MR) is 54.7 cm³/mol. The molecule has 0 saturated carbocycles. The van der Waals surface area contributed by atoms with Crippen molar-refractivity contribution in [3.8, 4) is 0 Å². The maximum Gasteiger partial charge on any atom is 0.137 e.